The Hall–Kier alpha value is -0.160. The summed E-state index contributed by atoms with van der Waals surface area (Å²) in [5.41, 5.74) is 5.90. The van der Waals surface area contributed by atoms with Gasteiger partial charge in [0.1, 0.15) is 0 Å². The van der Waals surface area contributed by atoms with Crippen molar-refractivity contribution in [2.45, 2.75) is 31.9 Å². The first-order valence-corrected chi connectivity index (χ1v) is 5.78. The van der Waals surface area contributed by atoms with E-state index in [0.717, 1.165) is 13.1 Å². The first kappa shape index (κ1) is 12.9. The van der Waals surface area contributed by atoms with E-state index in [4.69, 9.17) is 10.5 Å². The number of hydrogen-bond acceptors (Lipinski definition) is 4. The summed E-state index contributed by atoms with van der Waals surface area (Å²) in [7, 11) is 1.62. The van der Waals surface area contributed by atoms with Crippen LogP contribution in [-0.4, -0.2) is 55.5 Å². The van der Waals surface area contributed by atoms with Gasteiger partial charge >= 0.3 is 0 Å². The Morgan fingerprint density at radius 3 is 2.93 bits per heavy atom. The van der Waals surface area contributed by atoms with Crippen molar-refractivity contribution in [2.75, 3.05) is 33.4 Å². The molecule has 4 heteroatoms. The Balaban J connectivity index is 2.29. The van der Waals surface area contributed by atoms with Crippen LogP contribution in [0.2, 0.25) is 0 Å². The summed E-state index contributed by atoms with van der Waals surface area (Å²) >= 11 is 0. The van der Waals surface area contributed by atoms with Crippen molar-refractivity contribution in [1.82, 2.24) is 4.90 Å². The van der Waals surface area contributed by atoms with E-state index in [2.05, 4.69) is 11.8 Å². The van der Waals surface area contributed by atoms with E-state index in [1.807, 2.05) is 0 Å². The van der Waals surface area contributed by atoms with Crippen molar-refractivity contribution >= 4 is 0 Å². The molecule has 0 aromatic carbocycles. The second kappa shape index (κ2) is 6.43. The minimum Gasteiger partial charge on any atom is -0.389 e. The predicted molar refractivity (Wildman–Crippen MR) is 60.7 cm³/mol. The van der Waals surface area contributed by atoms with Gasteiger partial charge in [0, 0.05) is 26.2 Å². The lowest BCUT2D eigenvalue weighted by Gasteiger charge is -2.35. The quantitative estimate of drug-likeness (QED) is 0.682. The van der Waals surface area contributed by atoms with E-state index in [1.54, 1.807) is 7.11 Å². The highest BCUT2D eigenvalue weighted by atomic mass is 16.5. The molecule has 3 atom stereocenters. The molecule has 1 saturated heterocycles. The Kier molecular flexibility index (Phi) is 5.53. The lowest BCUT2D eigenvalue weighted by atomic mass is 9.92. The Labute approximate surface area is 92.4 Å². The standard InChI is InChI=1S/C11H24N2O2/c1-9(12)10-4-3-5-13(6-10)7-11(14)8-15-2/h9-11,14H,3-8,12H2,1-2H3. The maximum atomic E-state index is 9.63. The second-order valence-electron chi connectivity index (χ2n) is 4.63. The highest BCUT2D eigenvalue weighted by molar-refractivity contribution is 4.79. The first-order valence-electron chi connectivity index (χ1n) is 5.78. The molecule has 0 aromatic rings. The first-order chi connectivity index (χ1) is 7.13. The Bertz CT molecular complexity index is 176. The molecule has 0 amide bonds. The molecule has 3 unspecified atom stereocenters. The number of ether oxygens (including phenoxy) is 1. The van der Waals surface area contributed by atoms with Gasteiger partial charge in [0.15, 0.2) is 0 Å². The molecule has 1 fully saturated rings. The smallest absolute Gasteiger partial charge is 0.0900 e. The monoisotopic (exact) mass is 216 g/mol. The zero-order valence-electron chi connectivity index (χ0n) is 9.85. The topological polar surface area (TPSA) is 58.7 Å². The summed E-state index contributed by atoms with van der Waals surface area (Å²) in [4.78, 5) is 2.29. The summed E-state index contributed by atoms with van der Waals surface area (Å²) in [5, 5.41) is 9.63. The number of rotatable bonds is 5. The molecule has 0 aromatic heterocycles. The molecule has 1 aliphatic heterocycles. The summed E-state index contributed by atoms with van der Waals surface area (Å²) in [6, 6.07) is 0.257. The van der Waals surface area contributed by atoms with Crippen LogP contribution >= 0.6 is 0 Å². The van der Waals surface area contributed by atoms with Crippen LogP contribution in [0.3, 0.4) is 0 Å². The zero-order valence-corrected chi connectivity index (χ0v) is 9.85. The SMILES string of the molecule is COCC(O)CN1CCCC(C(C)N)C1. The van der Waals surface area contributed by atoms with E-state index >= 15 is 0 Å². The lowest BCUT2D eigenvalue weighted by Crippen LogP contribution is -2.45. The average molecular weight is 216 g/mol. The third-order valence-corrected chi connectivity index (χ3v) is 3.11. The number of hydrogen-bond donors (Lipinski definition) is 2. The lowest BCUT2D eigenvalue weighted by molar-refractivity contribution is 0.0256. The van der Waals surface area contributed by atoms with Crippen molar-refractivity contribution in [2.24, 2.45) is 11.7 Å². The molecular weight excluding hydrogens is 192 g/mol. The van der Waals surface area contributed by atoms with Gasteiger partial charge in [-0.1, -0.05) is 0 Å². The third kappa shape index (κ3) is 4.47. The number of methoxy groups -OCH3 is 1. The van der Waals surface area contributed by atoms with Crippen molar-refractivity contribution in [3.05, 3.63) is 0 Å². The summed E-state index contributed by atoms with van der Waals surface area (Å²) in [5.74, 6) is 0.577. The molecule has 1 aliphatic rings. The van der Waals surface area contributed by atoms with Gasteiger partial charge in [-0.15, -0.1) is 0 Å². The van der Waals surface area contributed by atoms with Crippen LogP contribution in [0.15, 0.2) is 0 Å². The normalized spacial score (nSPS) is 27.6. The number of aliphatic hydroxyl groups is 1. The Morgan fingerprint density at radius 1 is 1.60 bits per heavy atom. The van der Waals surface area contributed by atoms with Crippen LogP contribution < -0.4 is 5.73 Å². The number of aliphatic hydroxyl groups excluding tert-OH is 1. The van der Waals surface area contributed by atoms with Crippen molar-refractivity contribution < 1.29 is 9.84 Å². The van der Waals surface area contributed by atoms with Crippen LogP contribution in [-0.2, 0) is 4.74 Å². The molecule has 1 heterocycles. The molecular formula is C11H24N2O2. The number of nitrogens with two attached hydrogens (primary N) is 1. The van der Waals surface area contributed by atoms with Gasteiger partial charge in [0.25, 0.3) is 0 Å². The minimum atomic E-state index is -0.373. The molecule has 3 N–H and O–H groups in total. The summed E-state index contributed by atoms with van der Waals surface area (Å²) in [6.45, 7) is 5.28. The van der Waals surface area contributed by atoms with Gasteiger partial charge in [0.05, 0.1) is 12.7 Å². The number of piperidine rings is 1. The van der Waals surface area contributed by atoms with Crippen LogP contribution in [0.1, 0.15) is 19.8 Å². The summed E-state index contributed by atoms with van der Waals surface area (Å²) < 4.78 is 4.92. The van der Waals surface area contributed by atoms with E-state index in [9.17, 15) is 5.11 Å². The van der Waals surface area contributed by atoms with E-state index < -0.39 is 0 Å². The van der Waals surface area contributed by atoms with Gasteiger partial charge in [0.2, 0.25) is 0 Å². The minimum absolute atomic E-state index is 0.257. The summed E-state index contributed by atoms with van der Waals surface area (Å²) in [6.07, 6.45) is 2.03. The highest BCUT2D eigenvalue weighted by Crippen LogP contribution is 2.18. The number of nitrogens with zero attached hydrogens (tertiary/aromatic N) is 1. The fourth-order valence-corrected chi connectivity index (χ4v) is 2.23. The van der Waals surface area contributed by atoms with Gasteiger partial charge in [-0.3, -0.25) is 0 Å². The van der Waals surface area contributed by atoms with Crippen LogP contribution in [0.5, 0.6) is 0 Å². The maximum absolute atomic E-state index is 9.63. The van der Waals surface area contributed by atoms with E-state index in [1.165, 1.54) is 12.8 Å². The number of β-amino-alcohol motifs (C(OH)–C–C–N with tert-alkyl or cyclic N) is 1. The van der Waals surface area contributed by atoms with Crippen LogP contribution in [0.25, 0.3) is 0 Å². The van der Waals surface area contributed by atoms with Crippen LogP contribution in [0, 0.1) is 5.92 Å². The van der Waals surface area contributed by atoms with Crippen molar-refractivity contribution in [3.8, 4) is 0 Å². The van der Waals surface area contributed by atoms with Gasteiger partial charge in [-0.25, -0.2) is 0 Å². The third-order valence-electron chi connectivity index (χ3n) is 3.11. The Morgan fingerprint density at radius 2 is 2.33 bits per heavy atom. The molecule has 0 bridgehead atoms. The molecule has 1 rings (SSSR count). The second-order valence-corrected chi connectivity index (χ2v) is 4.63. The molecule has 0 radical (unpaired) electrons. The van der Waals surface area contributed by atoms with E-state index in [0.29, 0.717) is 19.1 Å². The fraction of sp³-hybridized carbons (Fsp3) is 1.00. The molecule has 90 valence electrons. The fourth-order valence-electron chi connectivity index (χ4n) is 2.23. The predicted octanol–water partition coefficient (Wildman–Crippen LogP) is 0.0529. The molecule has 4 nitrogen and oxygen atoms in total. The highest BCUT2D eigenvalue weighted by Gasteiger charge is 2.23. The van der Waals surface area contributed by atoms with Crippen molar-refractivity contribution in [1.29, 1.82) is 0 Å². The van der Waals surface area contributed by atoms with Crippen molar-refractivity contribution in [3.63, 3.8) is 0 Å². The molecule has 0 spiro atoms. The number of likely N-dealkylation sites (tertiary alicyclic amines) is 1. The molecule has 0 saturated carbocycles. The van der Waals surface area contributed by atoms with Gasteiger partial charge < -0.3 is 20.5 Å². The molecule has 0 aliphatic carbocycles. The van der Waals surface area contributed by atoms with E-state index in [-0.39, 0.29) is 12.1 Å². The van der Waals surface area contributed by atoms with Gasteiger partial charge in [-0.05, 0) is 32.2 Å². The molecule has 15 heavy (non-hydrogen) atoms. The average Bonchev–Trinajstić information content (AvgIpc) is 2.18. The largest absolute Gasteiger partial charge is 0.389 e. The zero-order chi connectivity index (χ0) is 11.3. The van der Waals surface area contributed by atoms with Crippen LogP contribution in [0.4, 0.5) is 0 Å². The maximum Gasteiger partial charge on any atom is 0.0900 e. The van der Waals surface area contributed by atoms with Gasteiger partial charge in [-0.2, -0.15) is 0 Å².